The molecular formula is C26H36N2O2. The van der Waals surface area contributed by atoms with Crippen LogP contribution in [0.3, 0.4) is 0 Å². The van der Waals surface area contributed by atoms with E-state index >= 15 is 0 Å². The molecule has 1 aliphatic heterocycles. The maximum atomic E-state index is 13.2. The molecule has 3 aliphatic carbocycles. The van der Waals surface area contributed by atoms with Crippen molar-refractivity contribution in [2.75, 3.05) is 12.4 Å². The van der Waals surface area contributed by atoms with E-state index in [4.69, 9.17) is 0 Å². The minimum Gasteiger partial charge on any atom is -0.342 e. The van der Waals surface area contributed by atoms with Gasteiger partial charge in [-0.15, -0.1) is 0 Å². The first-order chi connectivity index (χ1) is 14.3. The second-order valence-corrected chi connectivity index (χ2v) is 11.0. The summed E-state index contributed by atoms with van der Waals surface area (Å²) in [6.07, 6.45) is 8.65. The molecule has 0 aromatic heterocycles. The Balaban J connectivity index is 1.36. The van der Waals surface area contributed by atoms with Crippen LogP contribution in [0.25, 0.3) is 0 Å². The maximum Gasteiger partial charge on any atom is 0.228 e. The Hall–Kier alpha value is -1.84. The van der Waals surface area contributed by atoms with E-state index in [0.29, 0.717) is 36.1 Å². The third-order valence-corrected chi connectivity index (χ3v) is 9.92. The summed E-state index contributed by atoms with van der Waals surface area (Å²) in [5.41, 5.74) is 1.27. The topological polar surface area (TPSA) is 49.4 Å². The van der Waals surface area contributed by atoms with Crippen molar-refractivity contribution >= 4 is 17.5 Å². The number of anilines is 1. The Morgan fingerprint density at radius 1 is 0.967 bits per heavy atom. The van der Waals surface area contributed by atoms with Crippen molar-refractivity contribution in [3.8, 4) is 0 Å². The van der Waals surface area contributed by atoms with Crippen molar-refractivity contribution in [2.24, 2.45) is 34.5 Å². The van der Waals surface area contributed by atoms with Crippen LogP contribution in [-0.2, 0) is 9.59 Å². The highest BCUT2D eigenvalue weighted by Crippen LogP contribution is 2.66. The molecule has 7 atom stereocenters. The van der Waals surface area contributed by atoms with Gasteiger partial charge in [-0.05, 0) is 85.7 Å². The quantitative estimate of drug-likeness (QED) is 0.740. The SMILES string of the molecule is CN1C(=O)CC[C@@]2(C)C1CC[C@@H]1[C@H]2CC[C@]2(C)C(C(=O)Nc3ccccc3)CC[C@@H]12. The number of carbonyl (C=O) groups excluding carboxylic acids is 2. The predicted octanol–water partition coefficient (Wildman–Crippen LogP) is 5.10. The number of para-hydroxylation sites is 1. The number of nitrogens with one attached hydrogen (secondary N) is 1. The number of carbonyl (C=O) groups is 2. The smallest absolute Gasteiger partial charge is 0.228 e. The lowest BCUT2D eigenvalue weighted by molar-refractivity contribution is -0.159. The number of likely N-dealkylation sites (tertiary alicyclic amines) is 1. The zero-order valence-electron chi connectivity index (χ0n) is 18.7. The summed E-state index contributed by atoms with van der Waals surface area (Å²) in [7, 11) is 2.02. The minimum atomic E-state index is 0.111. The molecule has 5 rings (SSSR count). The van der Waals surface area contributed by atoms with Crippen LogP contribution >= 0.6 is 0 Å². The van der Waals surface area contributed by atoms with Crippen LogP contribution in [0.2, 0.25) is 0 Å². The fourth-order valence-corrected chi connectivity index (χ4v) is 8.33. The summed E-state index contributed by atoms with van der Waals surface area (Å²) < 4.78 is 0. The van der Waals surface area contributed by atoms with E-state index in [1.54, 1.807) is 0 Å². The summed E-state index contributed by atoms with van der Waals surface area (Å²) in [5, 5.41) is 3.19. The number of benzene rings is 1. The Morgan fingerprint density at radius 3 is 2.47 bits per heavy atom. The van der Waals surface area contributed by atoms with E-state index < -0.39 is 0 Å². The molecule has 2 amide bonds. The molecule has 0 radical (unpaired) electrons. The molecular weight excluding hydrogens is 372 g/mol. The van der Waals surface area contributed by atoms with Gasteiger partial charge in [0.15, 0.2) is 0 Å². The van der Waals surface area contributed by atoms with Crippen LogP contribution in [0.15, 0.2) is 30.3 Å². The number of amides is 2. The summed E-state index contributed by atoms with van der Waals surface area (Å²) in [6.45, 7) is 4.87. The molecule has 4 heteroatoms. The van der Waals surface area contributed by atoms with Crippen molar-refractivity contribution in [3.63, 3.8) is 0 Å². The summed E-state index contributed by atoms with van der Waals surface area (Å²) >= 11 is 0. The lowest BCUT2D eigenvalue weighted by atomic mass is 9.47. The van der Waals surface area contributed by atoms with Crippen molar-refractivity contribution in [2.45, 2.75) is 71.3 Å². The van der Waals surface area contributed by atoms with E-state index in [-0.39, 0.29) is 22.7 Å². The lowest BCUT2D eigenvalue weighted by Gasteiger charge is -2.61. The average Bonchev–Trinajstić information content (AvgIpc) is 3.09. The van der Waals surface area contributed by atoms with Gasteiger partial charge < -0.3 is 10.2 Å². The van der Waals surface area contributed by atoms with Crippen molar-refractivity contribution in [1.29, 1.82) is 0 Å². The number of hydrogen-bond acceptors (Lipinski definition) is 2. The molecule has 0 bridgehead atoms. The second-order valence-electron chi connectivity index (χ2n) is 11.0. The normalized spacial score (nSPS) is 42.8. The Bertz CT molecular complexity index is 839. The summed E-state index contributed by atoms with van der Waals surface area (Å²) in [6, 6.07) is 10.3. The lowest BCUT2D eigenvalue weighted by Crippen LogP contribution is -2.61. The van der Waals surface area contributed by atoms with Gasteiger partial charge >= 0.3 is 0 Å². The van der Waals surface area contributed by atoms with Crippen LogP contribution in [0, 0.1) is 34.5 Å². The predicted molar refractivity (Wildman–Crippen MR) is 119 cm³/mol. The van der Waals surface area contributed by atoms with Crippen molar-refractivity contribution in [3.05, 3.63) is 30.3 Å². The third-order valence-electron chi connectivity index (χ3n) is 9.92. The third kappa shape index (κ3) is 2.85. The van der Waals surface area contributed by atoms with Gasteiger partial charge in [0.2, 0.25) is 11.8 Å². The molecule has 1 heterocycles. The monoisotopic (exact) mass is 408 g/mol. The molecule has 4 fully saturated rings. The first-order valence-electron chi connectivity index (χ1n) is 12.0. The maximum absolute atomic E-state index is 13.2. The highest BCUT2D eigenvalue weighted by atomic mass is 16.2. The molecule has 4 nitrogen and oxygen atoms in total. The van der Waals surface area contributed by atoms with E-state index in [2.05, 4.69) is 24.1 Å². The standard InChI is InChI=1S/C26H36N2O2/c1-25-15-13-20-18(9-12-22-26(20,2)16-14-23(29)28(22)3)19(25)10-11-21(25)24(30)27-17-7-5-4-6-8-17/h4-8,18-22H,9-16H2,1-3H3,(H,27,30)/t18-,19-,20+,21?,22?,25-,26+/m0/s1. The van der Waals surface area contributed by atoms with Crippen molar-refractivity contribution in [1.82, 2.24) is 4.90 Å². The molecule has 30 heavy (non-hydrogen) atoms. The highest BCUT2D eigenvalue weighted by molar-refractivity contribution is 5.93. The van der Waals surface area contributed by atoms with Gasteiger partial charge in [0.25, 0.3) is 0 Å². The minimum absolute atomic E-state index is 0.111. The fraction of sp³-hybridized carbons (Fsp3) is 0.692. The molecule has 1 saturated heterocycles. The average molecular weight is 409 g/mol. The Labute approximate surface area is 180 Å². The number of fused-ring (bicyclic) bond motifs is 5. The summed E-state index contributed by atoms with van der Waals surface area (Å²) in [5.74, 6) is 2.71. The zero-order chi connectivity index (χ0) is 21.1. The first kappa shape index (κ1) is 20.1. The Kier molecular flexibility index (Phi) is 4.75. The van der Waals surface area contributed by atoms with E-state index in [0.717, 1.165) is 31.4 Å². The van der Waals surface area contributed by atoms with Gasteiger partial charge in [-0.3, -0.25) is 9.59 Å². The van der Waals surface area contributed by atoms with Gasteiger partial charge in [-0.2, -0.15) is 0 Å². The molecule has 0 spiro atoms. The van der Waals surface area contributed by atoms with Crippen LogP contribution < -0.4 is 5.32 Å². The largest absolute Gasteiger partial charge is 0.342 e. The van der Waals surface area contributed by atoms with E-state index in [9.17, 15) is 9.59 Å². The molecule has 3 saturated carbocycles. The Morgan fingerprint density at radius 2 is 1.70 bits per heavy atom. The van der Waals surface area contributed by atoms with Gasteiger partial charge in [-0.25, -0.2) is 0 Å². The summed E-state index contributed by atoms with van der Waals surface area (Å²) in [4.78, 5) is 27.7. The molecule has 1 aromatic rings. The number of nitrogens with zero attached hydrogens (tertiary/aromatic N) is 1. The second kappa shape index (κ2) is 7.10. The molecule has 4 aliphatic rings. The first-order valence-corrected chi connectivity index (χ1v) is 12.0. The van der Waals surface area contributed by atoms with Gasteiger partial charge in [-0.1, -0.05) is 32.0 Å². The fourth-order valence-electron chi connectivity index (χ4n) is 8.33. The highest BCUT2D eigenvalue weighted by Gasteiger charge is 2.62. The van der Waals surface area contributed by atoms with Crippen LogP contribution in [0.5, 0.6) is 0 Å². The molecule has 2 unspecified atom stereocenters. The number of hydrogen-bond donors (Lipinski definition) is 1. The number of rotatable bonds is 2. The van der Waals surface area contributed by atoms with Gasteiger partial charge in [0, 0.05) is 31.1 Å². The zero-order valence-corrected chi connectivity index (χ0v) is 18.7. The van der Waals surface area contributed by atoms with Crippen LogP contribution in [0.4, 0.5) is 5.69 Å². The molecule has 162 valence electrons. The molecule has 1 aromatic carbocycles. The van der Waals surface area contributed by atoms with Gasteiger partial charge in [0.05, 0.1) is 0 Å². The van der Waals surface area contributed by atoms with E-state index in [1.807, 2.05) is 37.4 Å². The van der Waals surface area contributed by atoms with Gasteiger partial charge in [0.1, 0.15) is 0 Å². The van der Waals surface area contributed by atoms with Crippen LogP contribution in [0.1, 0.15) is 65.2 Å². The van der Waals surface area contributed by atoms with E-state index in [1.165, 1.54) is 19.3 Å². The number of piperidine rings is 1. The van der Waals surface area contributed by atoms with Crippen LogP contribution in [-0.4, -0.2) is 29.8 Å². The molecule has 1 N–H and O–H groups in total. The van der Waals surface area contributed by atoms with Crippen molar-refractivity contribution < 1.29 is 9.59 Å².